The minimum atomic E-state index is -4.37. The average Bonchev–Trinajstić information content (AvgIpc) is 2.98. The number of aromatic amines is 1. The van der Waals surface area contributed by atoms with Crippen LogP contribution in [-0.4, -0.2) is 41.5 Å². The molecule has 4 nitrogen and oxygen atoms in total. The Labute approximate surface area is 139 Å². The van der Waals surface area contributed by atoms with Crippen molar-refractivity contribution in [1.82, 2.24) is 14.9 Å². The highest BCUT2D eigenvalue weighted by atomic mass is 19.4. The molecule has 0 spiro atoms. The van der Waals surface area contributed by atoms with E-state index in [0.717, 1.165) is 25.5 Å². The van der Waals surface area contributed by atoms with Crippen LogP contribution >= 0.6 is 0 Å². The molecule has 1 fully saturated rings. The van der Waals surface area contributed by atoms with Crippen LogP contribution in [0.3, 0.4) is 0 Å². The molecule has 0 amide bonds. The van der Waals surface area contributed by atoms with Gasteiger partial charge in [0, 0.05) is 24.2 Å². The second kappa shape index (κ2) is 6.63. The summed E-state index contributed by atoms with van der Waals surface area (Å²) in [5.41, 5.74) is -0.281. The summed E-state index contributed by atoms with van der Waals surface area (Å²) in [5.74, 6) is 1.06. The number of alkyl halides is 3. The molecule has 0 unspecified atom stereocenters. The number of hydrogen-bond donors (Lipinski definition) is 2. The number of fused-ring (bicyclic) bond motifs is 1. The first-order valence-electron chi connectivity index (χ1n) is 8.30. The Kier molecular flexibility index (Phi) is 4.71. The SMILES string of the molecule is CN(C)C1CCC(CNc2nccc3[nH]c(C(F)(F)F)cc23)CC1. The first-order valence-corrected chi connectivity index (χ1v) is 8.30. The van der Waals surface area contributed by atoms with Gasteiger partial charge >= 0.3 is 6.18 Å². The number of rotatable bonds is 4. The van der Waals surface area contributed by atoms with Gasteiger partial charge in [0.25, 0.3) is 0 Å². The zero-order valence-corrected chi connectivity index (χ0v) is 14.0. The Morgan fingerprint density at radius 1 is 1.25 bits per heavy atom. The van der Waals surface area contributed by atoms with Crippen LogP contribution in [0.4, 0.5) is 19.0 Å². The van der Waals surface area contributed by atoms with E-state index in [0.29, 0.717) is 28.7 Å². The van der Waals surface area contributed by atoms with Gasteiger partial charge in [-0.1, -0.05) is 0 Å². The highest BCUT2D eigenvalue weighted by Gasteiger charge is 2.33. The fourth-order valence-corrected chi connectivity index (χ4v) is 3.45. The molecule has 2 heterocycles. The van der Waals surface area contributed by atoms with Crippen molar-refractivity contribution in [2.75, 3.05) is 26.0 Å². The molecule has 2 aromatic rings. The average molecular weight is 340 g/mol. The Morgan fingerprint density at radius 2 is 1.96 bits per heavy atom. The number of aromatic nitrogens is 2. The van der Waals surface area contributed by atoms with Crippen LogP contribution in [0.25, 0.3) is 10.9 Å². The smallest absolute Gasteiger partial charge is 0.369 e. The third-order valence-electron chi connectivity index (χ3n) is 4.96. The summed E-state index contributed by atoms with van der Waals surface area (Å²) in [4.78, 5) is 8.91. The van der Waals surface area contributed by atoms with Crippen LogP contribution in [0.15, 0.2) is 18.3 Å². The van der Waals surface area contributed by atoms with Gasteiger partial charge in [-0.05, 0) is 57.8 Å². The highest BCUT2D eigenvalue weighted by molar-refractivity contribution is 5.90. The predicted molar refractivity (Wildman–Crippen MR) is 89.0 cm³/mol. The lowest BCUT2D eigenvalue weighted by atomic mass is 9.85. The van der Waals surface area contributed by atoms with E-state index < -0.39 is 11.9 Å². The number of H-pyrrole nitrogens is 1. The maximum absolute atomic E-state index is 12.9. The van der Waals surface area contributed by atoms with Gasteiger partial charge in [0.15, 0.2) is 0 Å². The number of pyridine rings is 1. The molecule has 1 saturated carbocycles. The topological polar surface area (TPSA) is 44.0 Å². The molecule has 0 radical (unpaired) electrons. The molecule has 7 heteroatoms. The molecular formula is C17H23F3N4. The van der Waals surface area contributed by atoms with E-state index in [2.05, 4.69) is 34.3 Å². The van der Waals surface area contributed by atoms with Crippen molar-refractivity contribution in [2.24, 2.45) is 5.92 Å². The summed E-state index contributed by atoms with van der Waals surface area (Å²) >= 11 is 0. The number of nitrogens with zero attached hydrogens (tertiary/aromatic N) is 2. The molecule has 0 saturated heterocycles. The standard InChI is InChI=1S/C17H23F3N4/c1-24(2)12-5-3-11(4-6-12)10-22-16-13-9-15(17(18,19)20)23-14(13)7-8-21-16/h7-9,11-12,23H,3-6,10H2,1-2H3,(H,21,22). The minimum absolute atomic E-state index is 0.455. The summed E-state index contributed by atoms with van der Waals surface area (Å²) in [6.07, 6.45) is 1.75. The normalized spacial score (nSPS) is 22.2. The van der Waals surface area contributed by atoms with Crippen molar-refractivity contribution >= 4 is 16.7 Å². The quantitative estimate of drug-likeness (QED) is 0.880. The van der Waals surface area contributed by atoms with Crippen LogP contribution in [0.1, 0.15) is 31.4 Å². The zero-order chi connectivity index (χ0) is 17.3. The maximum Gasteiger partial charge on any atom is 0.431 e. The molecule has 3 rings (SSSR count). The molecule has 0 aromatic carbocycles. The molecule has 24 heavy (non-hydrogen) atoms. The Balaban J connectivity index is 1.67. The van der Waals surface area contributed by atoms with E-state index >= 15 is 0 Å². The van der Waals surface area contributed by atoms with Crippen molar-refractivity contribution in [3.05, 3.63) is 24.0 Å². The van der Waals surface area contributed by atoms with Gasteiger partial charge in [-0.3, -0.25) is 0 Å². The third kappa shape index (κ3) is 3.66. The third-order valence-corrected chi connectivity index (χ3v) is 4.96. The van der Waals surface area contributed by atoms with Crippen LogP contribution in [0.5, 0.6) is 0 Å². The van der Waals surface area contributed by atoms with Crippen LogP contribution in [0, 0.1) is 5.92 Å². The lowest BCUT2D eigenvalue weighted by Crippen LogP contribution is -2.33. The summed E-state index contributed by atoms with van der Waals surface area (Å²) in [6, 6.07) is 3.34. The van der Waals surface area contributed by atoms with E-state index in [9.17, 15) is 13.2 Å². The Bertz CT molecular complexity index is 685. The van der Waals surface area contributed by atoms with Gasteiger partial charge in [-0.25, -0.2) is 4.98 Å². The maximum atomic E-state index is 12.9. The fraction of sp³-hybridized carbons (Fsp3) is 0.588. The Morgan fingerprint density at radius 3 is 2.58 bits per heavy atom. The lowest BCUT2D eigenvalue weighted by molar-refractivity contribution is -0.140. The van der Waals surface area contributed by atoms with E-state index in [-0.39, 0.29) is 0 Å². The molecule has 1 aliphatic carbocycles. The van der Waals surface area contributed by atoms with Gasteiger partial charge in [-0.2, -0.15) is 13.2 Å². The summed E-state index contributed by atoms with van der Waals surface area (Å²) in [7, 11) is 4.22. The molecule has 2 aromatic heterocycles. The van der Waals surface area contributed by atoms with Gasteiger partial charge in [0.2, 0.25) is 0 Å². The van der Waals surface area contributed by atoms with Crippen molar-refractivity contribution in [3.8, 4) is 0 Å². The highest BCUT2D eigenvalue weighted by Crippen LogP contribution is 2.33. The van der Waals surface area contributed by atoms with E-state index in [1.165, 1.54) is 19.0 Å². The van der Waals surface area contributed by atoms with Gasteiger partial charge < -0.3 is 15.2 Å². The van der Waals surface area contributed by atoms with Gasteiger partial charge in [-0.15, -0.1) is 0 Å². The van der Waals surface area contributed by atoms with Gasteiger partial charge in [0.05, 0.1) is 5.52 Å². The molecule has 2 N–H and O–H groups in total. The van der Waals surface area contributed by atoms with Crippen LogP contribution in [-0.2, 0) is 6.18 Å². The number of halogens is 3. The predicted octanol–water partition coefficient (Wildman–Crippen LogP) is 4.11. The summed E-state index contributed by atoms with van der Waals surface area (Å²) in [6.45, 7) is 0.749. The van der Waals surface area contributed by atoms with E-state index in [4.69, 9.17) is 0 Å². The molecule has 132 valence electrons. The van der Waals surface area contributed by atoms with E-state index in [1.54, 1.807) is 6.07 Å². The van der Waals surface area contributed by atoms with E-state index in [1.807, 2.05) is 0 Å². The van der Waals surface area contributed by atoms with Crippen LogP contribution in [0.2, 0.25) is 0 Å². The molecular weight excluding hydrogens is 317 g/mol. The second-order valence-corrected chi connectivity index (χ2v) is 6.82. The summed E-state index contributed by atoms with van der Waals surface area (Å²) in [5, 5.41) is 3.75. The lowest BCUT2D eigenvalue weighted by Gasteiger charge is -2.32. The Hall–Kier alpha value is -1.76. The fourth-order valence-electron chi connectivity index (χ4n) is 3.45. The zero-order valence-electron chi connectivity index (χ0n) is 14.0. The minimum Gasteiger partial charge on any atom is -0.369 e. The number of anilines is 1. The first kappa shape index (κ1) is 17.1. The van der Waals surface area contributed by atoms with Crippen molar-refractivity contribution < 1.29 is 13.2 Å². The molecule has 0 aliphatic heterocycles. The molecule has 0 atom stereocenters. The monoisotopic (exact) mass is 340 g/mol. The van der Waals surface area contributed by atoms with Crippen molar-refractivity contribution in [1.29, 1.82) is 0 Å². The first-order chi connectivity index (χ1) is 11.3. The number of nitrogens with one attached hydrogen (secondary N) is 2. The van der Waals surface area contributed by atoms with Crippen LogP contribution < -0.4 is 5.32 Å². The molecule has 1 aliphatic rings. The van der Waals surface area contributed by atoms with Crippen molar-refractivity contribution in [3.63, 3.8) is 0 Å². The summed E-state index contributed by atoms with van der Waals surface area (Å²) < 4.78 is 38.6. The van der Waals surface area contributed by atoms with Gasteiger partial charge in [0.1, 0.15) is 11.5 Å². The number of hydrogen-bond acceptors (Lipinski definition) is 3. The largest absolute Gasteiger partial charge is 0.431 e. The molecule has 0 bridgehead atoms. The second-order valence-electron chi connectivity index (χ2n) is 6.82. The van der Waals surface area contributed by atoms with Crippen molar-refractivity contribution in [2.45, 2.75) is 37.9 Å².